The van der Waals surface area contributed by atoms with Crippen LogP contribution in [0.25, 0.3) is 11.2 Å². The van der Waals surface area contributed by atoms with E-state index in [0.29, 0.717) is 18.0 Å². The van der Waals surface area contributed by atoms with Gasteiger partial charge in [-0.05, 0) is 48.4 Å². The number of aromatic nitrogens is 4. The molecule has 168 valence electrons. The minimum Gasteiger partial charge on any atom is -0.370 e. The molecule has 0 saturated carbocycles. The first-order valence-electron chi connectivity index (χ1n) is 11.2. The summed E-state index contributed by atoms with van der Waals surface area (Å²) in [6.07, 6.45) is 3.87. The molecular weight excluding hydrogens is 402 g/mol. The summed E-state index contributed by atoms with van der Waals surface area (Å²) in [6, 6.07) is 9.70. The number of imidazole rings is 1. The largest absolute Gasteiger partial charge is 0.370 e. The molecule has 1 aliphatic rings. The molecule has 1 N–H and O–H groups in total. The molecule has 1 fully saturated rings. The quantitative estimate of drug-likeness (QED) is 0.663. The Balaban J connectivity index is 1.50. The highest BCUT2D eigenvalue weighted by Crippen LogP contribution is 2.25. The van der Waals surface area contributed by atoms with Crippen molar-refractivity contribution in [1.29, 1.82) is 5.26 Å². The second-order valence-electron chi connectivity index (χ2n) is 9.88. The van der Waals surface area contributed by atoms with Gasteiger partial charge in [-0.25, -0.2) is 14.8 Å². The molecule has 0 aromatic carbocycles. The maximum atomic E-state index is 12.8. The summed E-state index contributed by atoms with van der Waals surface area (Å²) in [5.74, 6) is 2.09. The van der Waals surface area contributed by atoms with Crippen LogP contribution >= 0.6 is 0 Å². The van der Waals surface area contributed by atoms with Crippen LogP contribution in [-0.2, 0) is 13.6 Å². The molecule has 0 amide bonds. The Labute approximate surface area is 188 Å². The number of nitrogens with one attached hydrogen (secondary N) is 1. The zero-order valence-electron chi connectivity index (χ0n) is 19.3. The average Bonchev–Trinajstić information content (AvgIpc) is 3.01. The lowest BCUT2D eigenvalue weighted by molar-refractivity contribution is 0.342. The molecule has 0 aliphatic carbocycles. The van der Waals surface area contributed by atoms with Crippen LogP contribution in [0.3, 0.4) is 0 Å². The molecule has 3 aromatic rings. The van der Waals surface area contributed by atoms with Gasteiger partial charge in [0.2, 0.25) is 0 Å². The monoisotopic (exact) mass is 433 g/mol. The molecule has 0 radical (unpaired) electrons. The smallest absolute Gasteiger partial charge is 0.330 e. The maximum absolute atomic E-state index is 12.8. The molecule has 0 bridgehead atoms. The van der Waals surface area contributed by atoms with Gasteiger partial charge in [-0.3, -0.25) is 9.13 Å². The van der Waals surface area contributed by atoms with Crippen LogP contribution in [0.15, 0.2) is 35.3 Å². The van der Waals surface area contributed by atoms with Crippen molar-refractivity contribution in [3.63, 3.8) is 0 Å². The molecule has 1 atom stereocenters. The minimum absolute atomic E-state index is 0.00544. The number of hydrogen-bond donors (Lipinski definition) is 1. The maximum Gasteiger partial charge on any atom is 0.330 e. The topological polar surface area (TPSA) is 91.8 Å². The molecule has 4 heterocycles. The molecule has 8 heteroatoms. The molecule has 8 nitrogen and oxygen atoms in total. The van der Waals surface area contributed by atoms with Crippen LogP contribution < -0.4 is 15.9 Å². The molecule has 0 spiro atoms. The van der Waals surface area contributed by atoms with Gasteiger partial charge in [-0.15, -0.1) is 0 Å². The van der Waals surface area contributed by atoms with Crippen LogP contribution in [0.5, 0.6) is 0 Å². The number of anilines is 2. The van der Waals surface area contributed by atoms with Crippen molar-refractivity contribution in [2.75, 3.05) is 29.9 Å². The first-order valence-corrected chi connectivity index (χ1v) is 11.2. The van der Waals surface area contributed by atoms with Gasteiger partial charge in [0.25, 0.3) is 0 Å². The molecule has 32 heavy (non-hydrogen) atoms. The zero-order valence-corrected chi connectivity index (χ0v) is 19.3. The van der Waals surface area contributed by atoms with Crippen LogP contribution in [-0.4, -0.2) is 38.7 Å². The molecule has 1 aliphatic heterocycles. The summed E-state index contributed by atoms with van der Waals surface area (Å²) >= 11 is 0. The van der Waals surface area contributed by atoms with Crippen molar-refractivity contribution >= 4 is 22.8 Å². The third kappa shape index (κ3) is 4.62. The zero-order chi connectivity index (χ0) is 22.9. The van der Waals surface area contributed by atoms with Crippen molar-refractivity contribution in [2.24, 2.45) is 18.4 Å². The first-order chi connectivity index (χ1) is 15.2. The highest BCUT2D eigenvalue weighted by atomic mass is 16.1. The Kier molecular flexibility index (Phi) is 5.92. The van der Waals surface area contributed by atoms with E-state index in [-0.39, 0.29) is 11.1 Å². The Bertz CT molecular complexity index is 1210. The third-order valence-corrected chi connectivity index (χ3v) is 5.90. The summed E-state index contributed by atoms with van der Waals surface area (Å²) < 4.78 is 3.48. The average molecular weight is 434 g/mol. The minimum atomic E-state index is -0.0209. The molecule has 1 unspecified atom stereocenters. The summed E-state index contributed by atoms with van der Waals surface area (Å²) in [5.41, 5.74) is 2.21. The Hall–Kier alpha value is -3.34. The highest BCUT2D eigenvalue weighted by molar-refractivity contribution is 5.74. The van der Waals surface area contributed by atoms with Crippen LogP contribution in [0.4, 0.5) is 11.6 Å². The van der Waals surface area contributed by atoms with Gasteiger partial charge in [-0.2, -0.15) is 5.26 Å². The number of hydrogen-bond acceptors (Lipinski definition) is 6. The fourth-order valence-corrected chi connectivity index (χ4v) is 4.35. The van der Waals surface area contributed by atoms with E-state index in [2.05, 4.69) is 42.0 Å². The Morgan fingerprint density at radius 3 is 2.84 bits per heavy atom. The van der Waals surface area contributed by atoms with Gasteiger partial charge < -0.3 is 10.2 Å². The molecule has 4 rings (SSSR count). The van der Waals surface area contributed by atoms with Gasteiger partial charge >= 0.3 is 5.69 Å². The second kappa shape index (κ2) is 8.65. The van der Waals surface area contributed by atoms with E-state index in [1.165, 1.54) is 0 Å². The Morgan fingerprint density at radius 2 is 2.09 bits per heavy atom. The van der Waals surface area contributed by atoms with Gasteiger partial charge in [0.1, 0.15) is 11.6 Å². The SMILES string of the molecule is Cn1c(=O)n(CC(C)(C)C)c2ccc(N3CCCC(CNc4cc(C#N)ccn4)C3)nc21. The predicted molar refractivity (Wildman–Crippen MR) is 127 cm³/mol. The Morgan fingerprint density at radius 1 is 1.28 bits per heavy atom. The second-order valence-corrected chi connectivity index (χ2v) is 9.88. The standard InChI is InChI=1S/C24H31N7O/c1-24(2,3)16-31-19-7-8-21(28-22(19)29(4)23(31)32)30-11-5-6-18(15-30)14-27-20-12-17(13-25)9-10-26-20/h7-10,12,18H,5-6,11,14-16H2,1-4H3,(H,26,27). The lowest BCUT2D eigenvalue weighted by Crippen LogP contribution is -2.38. The molecule has 1 saturated heterocycles. The highest BCUT2D eigenvalue weighted by Gasteiger charge is 2.23. The number of nitriles is 1. The lowest BCUT2D eigenvalue weighted by Gasteiger charge is -2.33. The van der Waals surface area contributed by atoms with Gasteiger partial charge in [0.05, 0.1) is 17.1 Å². The number of piperidine rings is 1. The van der Waals surface area contributed by atoms with Crippen molar-refractivity contribution in [3.05, 3.63) is 46.5 Å². The fraction of sp³-hybridized carbons (Fsp3) is 0.500. The van der Waals surface area contributed by atoms with E-state index in [9.17, 15) is 4.79 Å². The van der Waals surface area contributed by atoms with Gasteiger partial charge in [-0.1, -0.05) is 20.8 Å². The van der Waals surface area contributed by atoms with Gasteiger partial charge in [0, 0.05) is 39.4 Å². The lowest BCUT2D eigenvalue weighted by atomic mass is 9.97. The van der Waals surface area contributed by atoms with Crippen molar-refractivity contribution in [2.45, 2.75) is 40.2 Å². The predicted octanol–water partition coefficient (Wildman–Crippen LogP) is 3.38. The normalized spacial score (nSPS) is 16.8. The van der Waals surface area contributed by atoms with Crippen LogP contribution in [0.1, 0.15) is 39.2 Å². The van der Waals surface area contributed by atoms with Crippen molar-refractivity contribution in [1.82, 2.24) is 19.1 Å². The molecule has 3 aromatic heterocycles. The van der Waals surface area contributed by atoms with Crippen LogP contribution in [0, 0.1) is 22.7 Å². The van der Waals surface area contributed by atoms with E-state index in [1.807, 2.05) is 16.7 Å². The third-order valence-electron chi connectivity index (χ3n) is 5.90. The number of rotatable bonds is 5. The van der Waals surface area contributed by atoms with E-state index in [4.69, 9.17) is 10.2 Å². The van der Waals surface area contributed by atoms with Crippen molar-refractivity contribution < 1.29 is 0 Å². The van der Waals surface area contributed by atoms with E-state index in [0.717, 1.165) is 55.3 Å². The number of nitrogens with zero attached hydrogens (tertiary/aromatic N) is 6. The van der Waals surface area contributed by atoms with Crippen LogP contribution in [0.2, 0.25) is 0 Å². The summed E-state index contributed by atoms with van der Waals surface area (Å²) in [4.78, 5) is 24.3. The first kappa shape index (κ1) is 21.9. The van der Waals surface area contributed by atoms with E-state index in [1.54, 1.807) is 29.9 Å². The summed E-state index contributed by atoms with van der Waals surface area (Å²) in [7, 11) is 1.80. The van der Waals surface area contributed by atoms with Gasteiger partial charge in [0.15, 0.2) is 5.65 Å². The number of aryl methyl sites for hydroxylation is 1. The van der Waals surface area contributed by atoms with E-state index < -0.39 is 0 Å². The summed E-state index contributed by atoms with van der Waals surface area (Å²) in [6.45, 7) is 9.69. The fourth-order valence-electron chi connectivity index (χ4n) is 4.35. The number of fused-ring (bicyclic) bond motifs is 1. The molecular formula is C24H31N7O. The summed E-state index contributed by atoms with van der Waals surface area (Å²) in [5, 5.41) is 12.4. The van der Waals surface area contributed by atoms with Crippen molar-refractivity contribution in [3.8, 4) is 6.07 Å². The number of pyridine rings is 2. The van der Waals surface area contributed by atoms with E-state index >= 15 is 0 Å².